The summed E-state index contributed by atoms with van der Waals surface area (Å²) in [5.41, 5.74) is 0.468. The van der Waals surface area contributed by atoms with E-state index < -0.39 is 15.8 Å². The number of hydrogen-bond acceptors (Lipinski definition) is 4. The molecule has 1 aromatic heterocycles. The molecule has 9 heteroatoms. The second kappa shape index (κ2) is 5.61. The molecular formula is C11H9Cl2FN2O3S. The molecule has 2 rings (SSSR count). The van der Waals surface area contributed by atoms with Crippen LogP contribution < -0.4 is 10.5 Å². The number of primary sulfonamides is 1. The van der Waals surface area contributed by atoms with Gasteiger partial charge in [-0.3, -0.25) is 0 Å². The van der Waals surface area contributed by atoms with Gasteiger partial charge in [-0.15, -0.1) is 0 Å². The molecule has 1 aromatic carbocycles. The van der Waals surface area contributed by atoms with Crippen molar-refractivity contribution in [2.45, 2.75) is 11.6 Å². The van der Waals surface area contributed by atoms with E-state index in [9.17, 15) is 12.8 Å². The lowest BCUT2D eigenvalue weighted by atomic mass is 10.3. The fraction of sp³-hybridized carbons (Fsp3) is 0.0909. The van der Waals surface area contributed by atoms with Crippen molar-refractivity contribution >= 4 is 38.9 Å². The maximum atomic E-state index is 13.2. The van der Waals surface area contributed by atoms with E-state index in [-0.39, 0.29) is 21.7 Å². The minimum absolute atomic E-state index is 0.121. The Balaban J connectivity index is 2.11. The van der Waals surface area contributed by atoms with Crippen LogP contribution in [0.2, 0.25) is 10.0 Å². The number of sulfonamides is 1. The molecule has 0 fully saturated rings. The molecule has 0 spiro atoms. The molecule has 0 bridgehead atoms. The SMILES string of the molecule is NS(=O)(=O)c1ccc(CNc2cc(Cl)c(F)c(Cl)c2)o1. The second-order valence-corrected chi connectivity index (χ2v) is 6.18. The molecule has 0 saturated carbocycles. The van der Waals surface area contributed by atoms with Crippen molar-refractivity contribution in [2.75, 3.05) is 5.32 Å². The van der Waals surface area contributed by atoms with E-state index in [1.807, 2.05) is 0 Å². The summed E-state index contributed by atoms with van der Waals surface area (Å²) in [5.74, 6) is -0.362. The van der Waals surface area contributed by atoms with Crippen molar-refractivity contribution in [1.82, 2.24) is 0 Å². The average molecular weight is 339 g/mol. The molecule has 5 nitrogen and oxygen atoms in total. The Morgan fingerprint density at radius 2 is 1.85 bits per heavy atom. The molecule has 3 N–H and O–H groups in total. The van der Waals surface area contributed by atoms with Crippen LogP contribution in [0.15, 0.2) is 33.8 Å². The Bertz CT molecular complexity index is 723. The molecule has 0 aliphatic rings. The van der Waals surface area contributed by atoms with Gasteiger partial charge < -0.3 is 9.73 Å². The van der Waals surface area contributed by atoms with Crippen LogP contribution >= 0.6 is 23.2 Å². The number of nitrogens with one attached hydrogen (secondary N) is 1. The lowest BCUT2D eigenvalue weighted by Crippen LogP contribution is -2.10. The summed E-state index contributed by atoms with van der Waals surface area (Å²) in [4.78, 5) is 0. The molecule has 0 unspecified atom stereocenters. The minimum atomic E-state index is -3.87. The summed E-state index contributed by atoms with van der Waals surface area (Å²) < 4.78 is 40.3. The molecule has 0 radical (unpaired) electrons. The van der Waals surface area contributed by atoms with Gasteiger partial charge >= 0.3 is 0 Å². The summed E-state index contributed by atoms with van der Waals surface area (Å²) in [7, 11) is -3.87. The maximum Gasteiger partial charge on any atom is 0.271 e. The van der Waals surface area contributed by atoms with Crippen LogP contribution in [-0.2, 0) is 16.6 Å². The third-order valence-corrected chi connectivity index (χ3v) is 3.70. The van der Waals surface area contributed by atoms with Gasteiger partial charge in [-0.05, 0) is 24.3 Å². The van der Waals surface area contributed by atoms with Gasteiger partial charge in [0.1, 0.15) is 5.76 Å². The van der Waals surface area contributed by atoms with E-state index in [2.05, 4.69) is 5.32 Å². The van der Waals surface area contributed by atoms with Crippen molar-refractivity contribution < 1.29 is 17.2 Å². The molecule has 2 aromatic rings. The van der Waals surface area contributed by atoms with Gasteiger partial charge in [0.05, 0.1) is 16.6 Å². The topological polar surface area (TPSA) is 85.3 Å². The monoisotopic (exact) mass is 338 g/mol. The normalized spacial score (nSPS) is 11.6. The summed E-state index contributed by atoms with van der Waals surface area (Å²) in [5, 5.41) is 7.21. The van der Waals surface area contributed by atoms with E-state index in [4.69, 9.17) is 32.8 Å². The molecule has 1 heterocycles. The zero-order chi connectivity index (χ0) is 14.9. The Morgan fingerprint density at radius 1 is 1.25 bits per heavy atom. The summed E-state index contributed by atoms with van der Waals surface area (Å²) in [6.07, 6.45) is 0. The van der Waals surface area contributed by atoms with Crippen molar-refractivity contribution in [1.29, 1.82) is 0 Å². The number of furan rings is 1. The van der Waals surface area contributed by atoms with Gasteiger partial charge in [0.25, 0.3) is 10.0 Å². The number of anilines is 1. The minimum Gasteiger partial charge on any atom is -0.446 e. The summed E-state index contributed by atoms with van der Waals surface area (Å²) in [6, 6.07) is 5.41. The second-order valence-electron chi connectivity index (χ2n) is 3.87. The molecule has 0 amide bonds. The van der Waals surface area contributed by atoms with Crippen molar-refractivity contribution in [3.05, 3.63) is 45.9 Å². The van der Waals surface area contributed by atoms with E-state index in [1.165, 1.54) is 24.3 Å². The Labute approximate surface area is 124 Å². The highest BCUT2D eigenvalue weighted by Gasteiger charge is 2.13. The smallest absolute Gasteiger partial charge is 0.271 e. The fourth-order valence-electron chi connectivity index (χ4n) is 1.45. The van der Waals surface area contributed by atoms with Crippen LogP contribution in [-0.4, -0.2) is 8.42 Å². The van der Waals surface area contributed by atoms with Gasteiger partial charge in [0, 0.05) is 5.69 Å². The first-order valence-electron chi connectivity index (χ1n) is 5.27. The predicted molar refractivity (Wildman–Crippen MR) is 73.8 cm³/mol. The van der Waals surface area contributed by atoms with E-state index in [1.54, 1.807) is 0 Å². The highest BCUT2D eigenvalue weighted by Crippen LogP contribution is 2.27. The highest BCUT2D eigenvalue weighted by atomic mass is 35.5. The first-order chi connectivity index (χ1) is 9.27. The Hall–Kier alpha value is -1.28. The van der Waals surface area contributed by atoms with Crippen molar-refractivity contribution in [3.8, 4) is 0 Å². The largest absolute Gasteiger partial charge is 0.446 e. The zero-order valence-corrected chi connectivity index (χ0v) is 12.2. The van der Waals surface area contributed by atoms with E-state index in [0.29, 0.717) is 11.4 Å². The number of nitrogens with two attached hydrogens (primary N) is 1. The van der Waals surface area contributed by atoms with E-state index >= 15 is 0 Å². The first kappa shape index (κ1) is 15.1. The number of benzene rings is 1. The average Bonchev–Trinajstić information content (AvgIpc) is 2.82. The third-order valence-electron chi connectivity index (χ3n) is 2.37. The highest BCUT2D eigenvalue weighted by molar-refractivity contribution is 7.89. The zero-order valence-electron chi connectivity index (χ0n) is 9.86. The molecule has 0 saturated heterocycles. The Morgan fingerprint density at radius 3 is 2.35 bits per heavy atom. The van der Waals surface area contributed by atoms with Crippen LogP contribution in [0.1, 0.15) is 5.76 Å². The lowest BCUT2D eigenvalue weighted by molar-refractivity contribution is 0.419. The summed E-state index contributed by atoms with van der Waals surface area (Å²) in [6.45, 7) is 0.161. The third kappa shape index (κ3) is 3.43. The van der Waals surface area contributed by atoms with Crippen molar-refractivity contribution in [3.63, 3.8) is 0 Å². The van der Waals surface area contributed by atoms with Crippen LogP contribution in [0.5, 0.6) is 0 Å². The molecule has 0 aliphatic heterocycles. The van der Waals surface area contributed by atoms with Crippen LogP contribution in [0, 0.1) is 5.82 Å². The van der Waals surface area contributed by atoms with Crippen LogP contribution in [0.3, 0.4) is 0 Å². The molecular weight excluding hydrogens is 330 g/mol. The van der Waals surface area contributed by atoms with Crippen LogP contribution in [0.4, 0.5) is 10.1 Å². The Kier molecular flexibility index (Phi) is 4.24. The predicted octanol–water partition coefficient (Wildman–Crippen LogP) is 2.99. The standard InChI is InChI=1S/C11H9Cl2FN2O3S/c12-8-3-6(4-9(13)11(8)14)16-5-7-1-2-10(19-7)20(15,17)18/h1-4,16H,5H2,(H2,15,17,18). The van der Waals surface area contributed by atoms with E-state index in [0.717, 1.165) is 0 Å². The van der Waals surface area contributed by atoms with Gasteiger partial charge in [-0.2, -0.15) is 0 Å². The number of rotatable bonds is 4. The van der Waals surface area contributed by atoms with Gasteiger partial charge in [0.2, 0.25) is 5.09 Å². The molecule has 0 atom stereocenters. The maximum absolute atomic E-state index is 13.2. The fourth-order valence-corrected chi connectivity index (χ4v) is 2.42. The number of halogens is 3. The van der Waals surface area contributed by atoms with Gasteiger partial charge in [-0.25, -0.2) is 17.9 Å². The molecule has 108 valence electrons. The first-order valence-corrected chi connectivity index (χ1v) is 7.57. The van der Waals surface area contributed by atoms with Gasteiger partial charge in [-0.1, -0.05) is 23.2 Å². The summed E-state index contributed by atoms with van der Waals surface area (Å²) >= 11 is 11.3. The van der Waals surface area contributed by atoms with Crippen LogP contribution in [0.25, 0.3) is 0 Å². The quantitative estimate of drug-likeness (QED) is 0.839. The van der Waals surface area contributed by atoms with Gasteiger partial charge in [0.15, 0.2) is 5.82 Å². The number of hydrogen-bond donors (Lipinski definition) is 2. The molecule has 20 heavy (non-hydrogen) atoms. The molecule has 0 aliphatic carbocycles. The van der Waals surface area contributed by atoms with Crippen molar-refractivity contribution in [2.24, 2.45) is 5.14 Å². The lowest BCUT2D eigenvalue weighted by Gasteiger charge is -2.06.